The molecule has 0 aliphatic carbocycles. The second kappa shape index (κ2) is 5.91. The molecule has 2 heterocycles. The van der Waals surface area contributed by atoms with Crippen molar-refractivity contribution in [1.29, 1.82) is 0 Å². The summed E-state index contributed by atoms with van der Waals surface area (Å²) in [6, 6.07) is 8.39. The van der Waals surface area contributed by atoms with Gasteiger partial charge >= 0.3 is 0 Å². The standard InChI is InChI=1S/C15H16N6O2/c1-10-15(23)21(12-6-4-3-5-7-12)19-13(17-10)14(22)18-11-8-16-20(2)9-11/h3-10H,1-2H3,(H,17,19)(H,18,22). The van der Waals surface area contributed by atoms with E-state index in [4.69, 9.17) is 0 Å². The van der Waals surface area contributed by atoms with Crippen LogP contribution in [0.5, 0.6) is 0 Å². The molecule has 1 aromatic heterocycles. The molecule has 0 saturated heterocycles. The van der Waals surface area contributed by atoms with Crippen molar-refractivity contribution in [1.82, 2.24) is 15.2 Å². The van der Waals surface area contributed by atoms with Gasteiger partial charge in [0, 0.05) is 13.2 Å². The quantitative estimate of drug-likeness (QED) is 0.872. The van der Waals surface area contributed by atoms with Crippen molar-refractivity contribution in [2.24, 2.45) is 12.0 Å². The number of aromatic nitrogens is 2. The van der Waals surface area contributed by atoms with Gasteiger partial charge < -0.3 is 5.32 Å². The lowest BCUT2D eigenvalue weighted by molar-refractivity contribution is -0.120. The molecule has 0 bridgehead atoms. The maximum Gasteiger partial charge on any atom is 0.292 e. The Morgan fingerprint density at radius 1 is 1.30 bits per heavy atom. The molecule has 8 nitrogen and oxygen atoms in total. The summed E-state index contributed by atoms with van der Waals surface area (Å²) in [7, 11) is 1.75. The van der Waals surface area contributed by atoms with Crippen LogP contribution < -0.4 is 15.8 Å². The van der Waals surface area contributed by atoms with Gasteiger partial charge in [-0.05, 0) is 19.1 Å². The van der Waals surface area contributed by atoms with E-state index >= 15 is 0 Å². The number of hydrazine groups is 1. The van der Waals surface area contributed by atoms with Crippen LogP contribution in [0.2, 0.25) is 0 Å². The predicted octanol–water partition coefficient (Wildman–Crippen LogP) is 0.697. The van der Waals surface area contributed by atoms with E-state index in [-0.39, 0.29) is 11.7 Å². The zero-order chi connectivity index (χ0) is 16.4. The number of nitrogens with one attached hydrogen (secondary N) is 2. The lowest BCUT2D eigenvalue weighted by Crippen LogP contribution is -2.57. The molecule has 3 rings (SSSR count). The van der Waals surface area contributed by atoms with Crippen molar-refractivity contribution in [3.63, 3.8) is 0 Å². The summed E-state index contributed by atoms with van der Waals surface area (Å²) in [6.07, 6.45) is 3.20. The number of carbonyl (C=O) groups excluding carboxylic acids is 2. The molecule has 2 aromatic rings. The first-order valence-corrected chi connectivity index (χ1v) is 7.08. The van der Waals surface area contributed by atoms with Crippen molar-refractivity contribution in [3.8, 4) is 0 Å². The molecule has 118 valence electrons. The molecule has 0 fully saturated rings. The van der Waals surface area contributed by atoms with Crippen molar-refractivity contribution in [2.45, 2.75) is 13.0 Å². The van der Waals surface area contributed by atoms with Gasteiger partial charge in [-0.3, -0.25) is 19.7 Å². The molecular formula is C15H16N6O2. The predicted molar refractivity (Wildman–Crippen MR) is 85.8 cm³/mol. The largest absolute Gasteiger partial charge is 0.317 e. The van der Waals surface area contributed by atoms with Crippen molar-refractivity contribution in [3.05, 3.63) is 42.7 Å². The minimum absolute atomic E-state index is 0.0739. The number of amidine groups is 1. The molecule has 23 heavy (non-hydrogen) atoms. The molecular weight excluding hydrogens is 296 g/mol. The molecule has 1 aliphatic heterocycles. The smallest absolute Gasteiger partial charge is 0.292 e. The Balaban J connectivity index is 1.81. The summed E-state index contributed by atoms with van der Waals surface area (Å²) in [6.45, 7) is 1.65. The molecule has 1 aromatic carbocycles. The fourth-order valence-electron chi connectivity index (χ4n) is 2.18. The molecule has 2 N–H and O–H groups in total. The van der Waals surface area contributed by atoms with Crippen LogP contribution in [0.15, 0.2) is 47.7 Å². The highest BCUT2D eigenvalue weighted by Gasteiger charge is 2.30. The average molecular weight is 312 g/mol. The Hall–Kier alpha value is -3.16. The van der Waals surface area contributed by atoms with E-state index in [2.05, 4.69) is 20.8 Å². The van der Waals surface area contributed by atoms with E-state index in [0.29, 0.717) is 11.4 Å². The number of benzene rings is 1. The van der Waals surface area contributed by atoms with Crippen LogP contribution in [0.4, 0.5) is 11.4 Å². The zero-order valence-electron chi connectivity index (χ0n) is 12.7. The molecule has 0 spiro atoms. The number of hydrogen-bond donors (Lipinski definition) is 2. The summed E-state index contributed by atoms with van der Waals surface area (Å²) in [5.74, 6) is -0.586. The number of aliphatic imine (C=N–C) groups is 1. The van der Waals surface area contributed by atoms with Gasteiger partial charge in [0.2, 0.25) is 5.84 Å². The number of carbonyl (C=O) groups is 2. The van der Waals surface area contributed by atoms with Gasteiger partial charge in [0.15, 0.2) is 0 Å². The minimum Gasteiger partial charge on any atom is -0.317 e. The number of para-hydroxylation sites is 1. The summed E-state index contributed by atoms with van der Waals surface area (Å²) in [5, 5.41) is 8.00. The van der Waals surface area contributed by atoms with E-state index in [0.717, 1.165) is 0 Å². The molecule has 1 unspecified atom stereocenters. The van der Waals surface area contributed by atoms with Crippen LogP contribution in [0.25, 0.3) is 0 Å². The van der Waals surface area contributed by atoms with E-state index in [1.165, 1.54) is 11.2 Å². The van der Waals surface area contributed by atoms with Gasteiger partial charge in [-0.25, -0.2) is 10.0 Å². The third-order valence-electron chi connectivity index (χ3n) is 3.31. The van der Waals surface area contributed by atoms with Crippen molar-refractivity contribution < 1.29 is 9.59 Å². The number of nitrogens with zero attached hydrogens (tertiary/aromatic N) is 4. The maximum absolute atomic E-state index is 12.3. The zero-order valence-corrected chi connectivity index (χ0v) is 12.7. The lowest BCUT2D eigenvalue weighted by atomic mass is 10.2. The van der Waals surface area contributed by atoms with E-state index in [1.807, 2.05) is 18.2 Å². The Kier molecular flexibility index (Phi) is 3.80. The fraction of sp³-hybridized carbons (Fsp3) is 0.200. The van der Waals surface area contributed by atoms with Gasteiger partial charge in [-0.1, -0.05) is 18.2 Å². The number of rotatable bonds is 3. The van der Waals surface area contributed by atoms with E-state index < -0.39 is 11.9 Å². The first-order chi connectivity index (χ1) is 11.0. The Morgan fingerprint density at radius 3 is 2.70 bits per heavy atom. The summed E-state index contributed by atoms with van der Waals surface area (Å²) in [5.41, 5.74) is 3.97. The van der Waals surface area contributed by atoms with Gasteiger partial charge in [0.25, 0.3) is 11.8 Å². The minimum atomic E-state index is -0.647. The molecule has 2 amide bonds. The van der Waals surface area contributed by atoms with Gasteiger partial charge in [-0.15, -0.1) is 0 Å². The Bertz CT molecular complexity index is 767. The number of aryl methyl sites for hydroxylation is 1. The fourth-order valence-corrected chi connectivity index (χ4v) is 2.18. The van der Waals surface area contributed by atoms with Crippen LogP contribution in [0.3, 0.4) is 0 Å². The Morgan fingerprint density at radius 2 is 2.04 bits per heavy atom. The SMILES string of the molecule is CC1N=C(C(=O)Nc2cnn(C)c2)NN(c2ccccc2)C1=O. The highest BCUT2D eigenvalue weighted by Crippen LogP contribution is 2.16. The lowest BCUT2D eigenvalue weighted by Gasteiger charge is -2.30. The average Bonchev–Trinajstić information content (AvgIpc) is 2.95. The van der Waals surface area contributed by atoms with E-state index in [9.17, 15) is 9.59 Å². The third kappa shape index (κ3) is 3.05. The van der Waals surface area contributed by atoms with Gasteiger partial charge in [0.1, 0.15) is 6.04 Å². The first kappa shape index (κ1) is 14.8. The van der Waals surface area contributed by atoms with Gasteiger partial charge in [0.05, 0.1) is 17.6 Å². The summed E-state index contributed by atoms with van der Waals surface area (Å²) in [4.78, 5) is 28.7. The second-order valence-corrected chi connectivity index (χ2v) is 5.13. The molecule has 1 aliphatic rings. The third-order valence-corrected chi connectivity index (χ3v) is 3.31. The summed E-state index contributed by atoms with van der Waals surface area (Å²) < 4.78 is 1.58. The molecule has 0 radical (unpaired) electrons. The first-order valence-electron chi connectivity index (χ1n) is 7.08. The topological polar surface area (TPSA) is 91.6 Å². The van der Waals surface area contributed by atoms with Crippen LogP contribution in [0, 0.1) is 0 Å². The van der Waals surface area contributed by atoms with Crippen molar-refractivity contribution >= 4 is 29.0 Å². The second-order valence-electron chi connectivity index (χ2n) is 5.13. The number of anilines is 2. The monoisotopic (exact) mass is 312 g/mol. The van der Waals surface area contributed by atoms with Gasteiger partial charge in [-0.2, -0.15) is 5.10 Å². The molecule has 8 heteroatoms. The maximum atomic E-state index is 12.3. The summed E-state index contributed by atoms with van der Waals surface area (Å²) >= 11 is 0. The molecule has 0 saturated carbocycles. The highest BCUT2D eigenvalue weighted by molar-refractivity contribution is 6.43. The highest BCUT2D eigenvalue weighted by atomic mass is 16.2. The number of hydrogen-bond acceptors (Lipinski definition) is 5. The Labute approximate surface area is 132 Å². The van der Waals surface area contributed by atoms with Crippen LogP contribution in [-0.4, -0.2) is 33.5 Å². The van der Waals surface area contributed by atoms with Crippen LogP contribution in [-0.2, 0) is 16.6 Å². The number of amides is 2. The normalized spacial score (nSPS) is 17.5. The van der Waals surface area contributed by atoms with Crippen LogP contribution >= 0.6 is 0 Å². The van der Waals surface area contributed by atoms with E-state index in [1.54, 1.807) is 37.0 Å². The molecule has 1 atom stereocenters. The van der Waals surface area contributed by atoms with Crippen LogP contribution in [0.1, 0.15) is 6.92 Å². The van der Waals surface area contributed by atoms with Crippen molar-refractivity contribution in [2.75, 3.05) is 10.3 Å².